The molecule has 0 radical (unpaired) electrons. The Labute approximate surface area is 164 Å². The molecule has 1 atom stereocenters. The number of nitrogens with one attached hydrogen (secondary N) is 1. The van der Waals surface area contributed by atoms with Crippen molar-refractivity contribution in [2.24, 2.45) is 0 Å². The van der Waals surface area contributed by atoms with Crippen molar-refractivity contribution in [2.45, 2.75) is 17.4 Å². The molecule has 0 aliphatic carbocycles. The quantitative estimate of drug-likeness (QED) is 0.599. The van der Waals surface area contributed by atoms with Crippen molar-refractivity contribution in [1.29, 1.82) is 0 Å². The van der Waals surface area contributed by atoms with Gasteiger partial charge in [-0.05, 0) is 37.3 Å². The third-order valence-corrected chi connectivity index (χ3v) is 4.75. The molecular weight excluding hydrogens is 393 g/mol. The topological polar surface area (TPSA) is 77.2 Å². The molecule has 3 aromatic rings. The molecule has 9 heteroatoms. The Kier molecular flexibility index (Phi) is 5.98. The molecule has 0 saturated heterocycles. The van der Waals surface area contributed by atoms with Gasteiger partial charge in [0.25, 0.3) is 11.1 Å². The molecule has 0 aliphatic rings. The summed E-state index contributed by atoms with van der Waals surface area (Å²) in [5.74, 6) is -0.216. The van der Waals surface area contributed by atoms with Crippen LogP contribution in [-0.2, 0) is 4.79 Å². The van der Waals surface area contributed by atoms with Gasteiger partial charge < -0.3 is 14.5 Å². The van der Waals surface area contributed by atoms with Crippen LogP contribution in [0.1, 0.15) is 6.92 Å². The van der Waals surface area contributed by atoms with E-state index in [9.17, 15) is 9.18 Å². The number of amides is 1. The minimum absolute atomic E-state index is 0.0553. The molecule has 2 aromatic carbocycles. The van der Waals surface area contributed by atoms with Gasteiger partial charge >= 0.3 is 0 Å². The number of carbonyl (C=O) groups excluding carboxylic acids is 1. The fourth-order valence-electron chi connectivity index (χ4n) is 2.22. The number of halogens is 2. The summed E-state index contributed by atoms with van der Waals surface area (Å²) in [6.45, 7) is 1.68. The van der Waals surface area contributed by atoms with E-state index < -0.39 is 11.1 Å². The van der Waals surface area contributed by atoms with Gasteiger partial charge in [-0.1, -0.05) is 35.5 Å². The van der Waals surface area contributed by atoms with Crippen molar-refractivity contribution in [2.75, 3.05) is 12.4 Å². The monoisotopic (exact) mass is 407 g/mol. The van der Waals surface area contributed by atoms with Crippen molar-refractivity contribution in [3.63, 3.8) is 0 Å². The maximum absolute atomic E-state index is 13.8. The summed E-state index contributed by atoms with van der Waals surface area (Å²) in [7, 11) is 1.50. The second-order valence-corrected chi connectivity index (χ2v) is 7.18. The summed E-state index contributed by atoms with van der Waals surface area (Å²) in [5.41, 5.74) is 0.664. The Hall–Kier alpha value is -2.58. The first-order chi connectivity index (χ1) is 13.0. The van der Waals surface area contributed by atoms with E-state index in [1.54, 1.807) is 43.3 Å². The highest BCUT2D eigenvalue weighted by Crippen LogP contribution is 2.30. The molecule has 0 aliphatic heterocycles. The van der Waals surface area contributed by atoms with E-state index in [0.717, 1.165) is 11.8 Å². The maximum atomic E-state index is 13.8. The zero-order valence-corrected chi connectivity index (χ0v) is 16.0. The number of anilines is 1. The smallest absolute Gasteiger partial charge is 0.277 e. The van der Waals surface area contributed by atoms with Crippen molar-refractivity contribution in [1.82, 2.24) is 10.2 Å². The van der Waals surface area contributed by atoms with Gasteiger partial charge in [-0.15, -0.1) is 10.2 Å². The van der Waals surface area contributed by atoms with Gasteiger partial charge in [0.1, 0.15) is 11.6 Å². The van der Waals surface area contributed by atoms with Gasteiger partial charge in [-0.3, -0.25) is 4.79 Å². The van der Waals surface area contributed by atoms with E-state index in [0.29, 0.717) is 16.5 Å². The Morgan fingerprint density at radius 2 is 2.07 bits per heavy atom. The SMILES string of the molecule is COc1ccc(Cl)cc1NC(=O)[C@H](C)Sc1nnc(-c2ccccc2F)o1. The van der Waals surface area contributed by atoms with E-state index in [4.69, 9.17) is 20.8 Å². The first-order valence-corrected chi connectivity index (χ1v) is 9.13. The van der Waals surface area contributed by atoms with Crippen molar-refractivity contribution in [3.05, 3.63) is 53.3 Å². The van der Waals surface area contributed by atoms with Crippen LogP contribution < -0.4 is 10.1 Å². The van der Waals surface area contributed by atoms with E-state index in [2.05, 4.69) is 15.5 Å². The second kappa shape index (κ2) is 8.41. The summed E-state index contributed by atoms with van der Waals surface area (Å²) in [6, 6.07) is 11.0. The van der Waals surface area contributed by atoms with Crippen molar-refractivity contribution in [3.8, 4) is 17.2 Å². The number of benzene rings is 2. The Balaban J connectivity index is 1.69. The van der Waals surface area contributed by atoms with Crippen LogP contribution in [0, 0.1) is 5.82 Å². The molecule has 0 spiro atoms. The molecule has 0 saturated carbocycles. The van der Waals surface area contributed by atoms with Crippen LogP contribution in [-0.4, -0.2) is 28.5 Å². The van der Waals surface area contributed by atoms with E-state index >= 15 is 0 Å². The number of hydrogen-bond acceptors (Lipinski definition) is 6. The fraction of sp³-hybridized carbons (Fsp3) is 0.167. The highest BCUT2D eigenvalue weighted by molar-refractivity contribution is 8.00. The first kappa shape index (κ1) is 19.2. The average Bonchev–Trinajstić information content (AvgIpc) is 3.10. The Bertz CT molecular complexity index is 967. The number of methoxy groups -OCH3 is 1. The number of hydrogen-bond donors (Lipinski definition) is 1. The second-order valence-electron chi connectivity index (χ2n) is 5.45. The zero-order valence-electron chi connectivity index (χ0n) is 14.4. The number of nitrogens with zero attached hydrogens (tertiary/aromatic N) is 2. The van der Waals surface area contributed by atoms with Crippen LogP contribution in [0.5, 0.6) is 5.75 Å². The van der Waals surface area contributed by atoms with E-state index in [-0.39, 0.29) is 22.6 Å². The van der Waals surface area contributed by atoms with E-state index in [1.807, 2.05) is 0 Å². The van der Waals surface area contributed by atoms with Crippen LogP contribution in [0.2, 0.25) is 5.02 Å². The molecule has 6 nitrogen and oxygen atoms in total. The number of carbonyl (C=O) groups is 1. The van der Waals surface area contributed by atoms with Gasteiger partial charge in [-0.25, -0.2) is 4.39 Å². The lowest BCUT2D eigenvalue weighted by molar-refractivity contribution is -0.115. The van der Waals surface area contributed by atoms with Gasteiger partial charge in [0.15, 0.2) is 0 Å². The molecule has 1 heterocycles. The largest absolute Gasteiger partial charge is 0.495 e. The molecule has 0 fully saturated rings. The zero-order chi connectivity index (χ0) is 19.4. The molecular formula is C18H15ClFN3O3S. The highest BCUT2D eigenvalue weighted by atomic mass is 35.5. The maximum Gasteiger partial charge on any atom is 0.277 e. The predicted octanol–water partition coefficient (Wildman–Crippen LogP) is 4.66. The molecule has 1 aromatic heterocycles. The van der Waals surface area contributed by atoms with E-state index in [1.165, 1.54) is 13.2 Å². The standard InChI is InChI=1S/C18H15ClFN3O3S/c1-10(16(24)21-14-9-11(19)7-8-15(14)25-2)27-18-23-22-17(26-18)12-5-3-4-6-13(12)20/h3-10H,1-2H3,(H,21,24)/t10-/m0/s1. The highest BCUT2D eigenvalue weighted by Gasteiger charge is 2.21. The third-order valence-electron chi connectivity index (χ3n) is 3.58. The summed E-state index contributed by atoms with van der Waals surface area (Å²) >= 11 is 7.03. The molecule has 0 unspecified atom stereocenters. The summed E-state index contributed by atoms with van der Waals surface area (Å²) in [4.78, 5) is 12.4. The number of aromatic nitrogens is 2. The number of rotatable bonds is 6. The summed E-state index contributed by atoms with van der Waals surface area (Å²) in [5, 5.41) is 10.5. The van der Waals surface area contributed by atoms with Gasteiger partial charge in [0.05, 0.1) is 23.6 Å². The van der Waals surface area contributed by atoms with Crippen LogP contribution in [0.4, 0.5) is 10.1 Å². The van der Waals surface area contributed by atoms with Crippen LogP contribution in [0.25, 0.3) is 11.5 Å². The molecule has 27 heavy (non-hydrogen) atoms. The molecule has 1 amide bonds. The fourth-order valence-corrected chi connectivity index (χ4v) is 3.07. The lowest BCUT2D eigenvalue weighted by Gasteiger charge is -2.13. The lowest BCUT2D eigenvalue weighted by atomic mass is 10.2. The van der Waals surface area contributed by atoms with Crippen LogP contribution in [0.15, 0.2) is 52.1 Å². The first-order valence-electron chi connectivity index (χ1n) is 7.87. The van der Waals surface area contributed by atoms with Crippen LogP contribution >= 0.6 is 23.4 Å². The van der Waals surface area contributed by atoms with Gasteiger partial charge in [0.2, 0.25) is 5.91 Å². The minimum Gasteiger partial charge on any atom is -0.495 e. The Morgan fingerprint density at radius 1 is 1.30 bits per heavy atom. The number of thioether (sulfide) groups is 1. The van der Waals surface area contributed by atoms with Gasteiger partial charge in [0, 0.05) is 5.02 Å². The van der Waals surface area contributed by atoms with Crippen LogP contribution in [0.3, 0.4) is 0 Å². The molecule has 140 valence electrons. The molecule has 1 N–H and O–H groups in total. The summed E-state index contributed by atoms with van der Waals surface area (Å²) in [6.07, 6.45) is 0. The van der Waals surface area contributed by atoms with Crippen molar-refractivity contribution >= 4 is 35.0 Å². The lowest BCUT2D eigenvalue weighted by Crippen LogP contribution is -2.22. The normalized spacial score (nSPS) is 11.9. The van der Waals surface area contributed by atoms with Crippen molar-refractivity contribution < 1.29 is 18.3 Å². The molecule has 3 rings (SSSR count). The Morgan fingerprint density at radius 3 is 2.81 bits per heavy atom. The minimum atomic E-state index is -0.553. The predicted molar refractivity (Wildman–Crippen MR) is 102 cm³/mol. The van der Waals surface area contributed by atoms with Gasteiger partial charge in [-0.2, -0.15) is 0 Å². The molecule has 0 bridgehead atoms. The number of ether oxygens (including phenoxy) is 1. The summed E-state index contributed by atoms with van der Waals surface area (Å²) < 4.78 is 24.5. The average molecular weight is 408 g/mol. The third kappa shape index (κ3) is 4.58.